The standard InChI is InChI=1S/C12H12NO2/c14-7-3-5-11-9-13(15)8-10-4-1-2-6-12(10)11/h1-2,4,6-9,15H,3,5H2/q+1. The van der Waals surface area contributed by atoms with Gasteiger partial charge in [0.1, 0.15) is 6.29 Å². The van der Waals surface area contributed by atoms with Crippen molar-refractivity contribution in [2.45, 2.75) is 12.8 Å². The van der Waals surface area contributed by atoms with E-state index in [2.05, 4.69) is 0 Å². The van der Waals surface area contributed by atoms with Gasteiger partial charge in [0.25, 0.3) is 0 Å². The van der Waals surface area contributed by atoms with Gasteiger partial charge in [0.05, 0.1) is 5.39 Å². The van der Waals surface area contributed by atoms with Gasteiger partial charge >= 0.3 is 0 Å². The summed E-state index contributed by atoms with van der Waals surface area (Å²) in [5.41, 5.74) is 0.989. The smallest absolute Gasteiger partial charge is 0.230 e. The molecule has 2 aromatic rings. The molecule has 1 heterocycles. The Morgan fingerprint density at radius 1 is 1.27 bits per heavy atom. The molecule has 1 aromatic carbocycles. The molecule has 0 bridgehead atoms. The summed E-state index contributed by atoms with van der Waals surface area (Å²) >= 11 is 0. The molecule has 0 amide bonds. The van der Waals surface area contributed by atoms with Crippen LogP contribution in [-0.4, -0.2) is 11.5 Å². The van der Waals surface area contributed by atoms with Crippen LogP contribution in [0.15, 0.2) is 36.7 Å². The SMILES string of the molecule is O=CCCc1c[n+](O)cc2ccccc12. The van der Waals surface area contributed by atoms with Gasteiger partial charge in [-0.1, -0.05) is 18.2 Å². The maximum absolute atomic E-state index is 10.3. The quantitative estimate of drug-likeness (QED) is 0.465. The third-order valence-corrected chi connectivity index (χ3v) is 2.40. The summed E-state index contributed by atoms with van der Waals surface area (Å²) in [6, 6.07) is 7.81. The van der Waals surface area contributed by atoms with Crippen molar-refractivity contribution in [1.29, 1.82) is 0 Å². The minimum absolute atomic E-state index is 0.480. The molecule has 0 unspecified atom stereocenters. The molecule has 1 N–H and O–H groups in total. The van der Waals surface area contributed by atoms with Crippen LogP contribution in [0.2, 0.25) is 0 Å². The number of hydrogen-bond acceptors (Lipinski definition) is 2. The predicted molar refractivity (Wildman–Crippen MR) is 55.7 cm³/mol. The lowest BCUT2D eigenvalue weighted by atomic mass is 10.0. The van der Waals surface area contributed by atoms with Crippen molar-refractivity contribution >= 4 is 17.1 Å². The first-order valence-corrected chi connectivity index (χ1v) is 4.87. The van der Waals surface area contributed by atoms with Gasteiger partial charge in [0.15, 0.2) is 0 Å². The van der Waals surface area contributed by atoms with Crippen molar-refractivity contribution in [3.8, 4) is 0 Å². The highest BCUT2D eigenvalue weighted by molar-refractivity contribution is 5.84. The fourth-order valence-electron chi connectivity index (χ4n) is 1.72. The number of hydrogen-bond donors (Lipinski definition) is 1. The number of rotatable bonds is 3. The molecular formula is C12H12NO2+. The minimum Gasteiger partial charge on any atom is -0.303 e. The number of aldehydes is 1. The third kappa shape index (κ3) is 1.96. The number of aromatic nitrogens is 1. The van der Waals surface area contributed by atoms with Crippen LogP contribution in [0.3, 0.4) is 0 Å². The van der Waals surface area contributed by atoms with Gasteiger partial charge in [-0.3, -0.25) is 5.21 Å². The van der Waals surface area contributed by atoms with E-state index < -0.39 is 0 Å². The van der Waals surface area contributed by atoms with Gasteiger partial charge in [0.2, 0.25) is 12.4 Å². The zero-order valence-corrected chi connectivity index (χ0v) is 8.26. The number of fused-ring (bicyclic) bond motifs is 1. The van der Waals surface area contributed by atoms with E-state index in [0.29, 0.717) is 12.8 Å². The van der Waals surface area contributed by atoms with Crippen molar-refractivity contribution < 1.29 is 14.7 Å². The largest absolute Gasteiger partial charge is 0.303 e. The molecule has 1 aromatic heterocycles. The number of nitrogens with zero attached hydrogens (tertiary/aromatic N) is 1. The van der Waals surface area contributed by atoms with Crippen molar-refractivity contribution in [1.82, 2.24) is 0 Å². The molecule has 0 aliphatic heterocycles. The summed E-state index contributed by atoms with van der Waals surface area (Å²) < 4.78 is 1.04. The van der Waals surface area contributed by atoms with Crippen LogP contribution in [0.1, 0.15) is 12.0 Å². The van der Waals surface area contributed by atoms with Gasteiger partial charge in [-0.2, -0.15) is 0 Å². The Morgan fingerprint density at radius 3 is 2.87 bits per heavy atom. The maximum atomic E-state index is 10.3. The monoisotopic (exact) mass is 202 g/mol. The van der Waals surface area contributed by atoms with Crippen molar-refractivity contribution in [3.05, 3.63) is 42.2 Å². The zero-order valence-electron chi connectivity index (χ0n) is 8.26. The van der Waals surface area contributed by atoms with Crippen LogP contribution in [-0.2, 0) is 11.2 Å². The number of benzene rings is 1. The Kier molecular flexibility index (Phi) is 2.63. The van der Waals surface area contributed by atoms with Gasteiger partial charge in [-0.15, -0.1) is 0 Å². The number of pyridine rings is 1. The van der Waals surface area contributed by atoms with Crippen molar-refractivity contribution in [3.63, 3.8) is 0 Å². The van der Waals surface area contributed by atoms with E-state index in [-0.39, 0.29) is 0 Å². The second-order valence-corrected chi connectivity index (χ2v) is 3.46. The Balaban J connectivity index is 2.55. The van der Waals surface area contributed by atoms with Crippen LogP contribution in [0.4, 0.5) is 0 Å². The van der Waals surface area contributed by atoms with E-state index in [0.717, 1.165) is 27.4 Å². The normalized spacial score (nSPS) is 10.4. The molecule has 76 valence electrons. The molecule has 3 heteroatoms. The molecule has 0 radical (unpaired) electrons. The summed E-state index contributed by atoms with van der Waals surface area (Å²) in [5.74, 6) is 0. The van der Waals surface area contributed by atoms with Crippen LogP contribution < -0.4 is 4.73 Å². The first-order chi connectivity index (χ1) is 7.31. The number of aryl methyl sites for hydroxylation is 1. The van der Waals surface area contributed by atoms with Gasteiger partial charge in [0, 0.05) is 16.7 Å². The lowest BCUT2D eigenvalue weighted by Crippen LogP contribution is -2.29. The highest BCUT2D eigenvalue weighted by Crippen LogP contribution is 2.16. The first kappa shape index (κ1) is 9.65. The maximum Gasteiger partial charge on any atom is 0.230 e. The highest BCUT2D eigenvalue weighted by atomic mass is 16.5. The predicted octanol–water partition coefficient (Wildman–Crippen LogP) is 1.50. The Bertz CT molecular complexity index is 494. The Labute approximate surface area is 87.5 Å². The van der Waals surface area contributed by atoms with E-state index in [9.17, 15) is 10.0 Å². The van der Waals surface area contributed by atoms with E-state index >= 15 is 0 Å². The molecule has 0 saturated heterocycles. The van der Waals surface area contributed by atoms with E-state index in [1.54, 1.807) is 12.4 Å². The third-order valence-electron chi connectivity index (χ3n) is 2.40. The number of carbonyl (C=O) groups is 1. The van der Waals surface area contributed by atoms with Crippen molar-refractivity contribution in [2.24, 2.45) is 0 Å². The molecule has 0 atom stereocenters. The summed E-state index contributed by atoms with van der Waals surface area (Å²) in [5, 5.41) is 11.5. The molecule has 2 rings (SSSR count). The molecule has 0 aliphatic rings. The fourth-order valence-corrected chi connectivity index (χ4v) is 1.72. The summed E-state index contributed by atoms with van der Waals surface area (Å²) in [4.78, 5) is 10.3. The summed E-state index contributed by atoms with van der Waals surface area (Å²) in [6.07, 6.45) is 5.33. The van der Waals surface area contributed by atoms with E-state index in [4.69, 9.17) is 0 Å². The number of carbonyl (C=O) groups excluding carboxylic acids is 1. The molecular weight excluding hydrogens is 190 g/mol. The molecule has 3 nitrogen and oxygen atoms in total. The Hall–Kier alpha value is -1.90. The van der Waals surface area contributed by atoms with Crippen LogP contribution in [0, 0.1) is 0 Å². The summed E-state index contributed by atoms with van der Waals surface area (Å²) in [6.45, 7) is 0. The fraction of sp³-hybridized carbons (Fsp3) is 0.167. The Morgan fingerprint density at radius 2 is 2.07 bits per heavy atom. The minimum atomic E-state index is 0.480. The molecule has 0 spiro atoms. The molecule has 0 fully saturated rings. The van der Waals surface area contributed by atoms with Crippen molar-refractivity contribution in [2.75, 3.05) is 0 Å². The van der Waals surface area contributed by atoms with Crippen LogP contribution in [0.25, 0.3) is 10.8 Å². The second kappa shape index (κ2) is 4.09. The first-order valence-electron chi connectivity index (χ1n) is 4.87. The average Bonchev–Trinajstić information content (AvgIpc) is 2.25. The molecule has 0 aliphatic carbocycles. The van der Waals surface area contributed by atoms with Crippen LogP contribution >= 0.6 is 0 Å². The van der Waals surface area contributed by atoms with E-state index in [1.165, 1.54) is 0 Å². The lowest BCUT2D eigenvalue weighted by molar-refractivity contribution is -0.904. The highest BCUT2D eigenvalue weighted by Gasteiger charge is 2.08. The molecule has 15 heavy (non-hydrogen) atoms. The topological polar surface area (TPSA) is 41.2 Å². The van der Waals surface area contributed by atoms with Gasteiger partial charge in [-0.05, 0) is 17.9 Å². The zero-order chi connectivity index (χ0) is 10.7. The van der Waals surface area contributed by atoms with Gasteiger partial charge < -0.3 is 4.79 Å². The van der Waals surface area contributed by atoms with Crippen LogP contribution in [0.5, 0.6) is 0 Å². The molecule has 0 saturated carbocycles. The lowest BCUT2D eigenvalue weighted by Gasteiger charge is -2.00. The summed E-state index contributed by atoms with van der Waals surface area (Å²) in [7, 11) is 0. The second-order valence-electron chi connectivity index (χ2n) is 3.46. The van der Waals surface area contributed by atoms with Gasteiger partial charge in [-0.25, -0.2) is 0 Å². The van der Waals surface area contributed by atoms with E-state index in [1.807, 2.05) is 24.3 Å². The average molecular weight is 202 g/mol.